The van der Waals surface area contributed by atoms with Crippen LogP contribution in [0, 0.1) is 6.92 Å². The molecule has 26 heavy (non-hydrogen) atoms. The van der Waals surface area contributed by atoms with Crippen LogP contribution in [0.3, 0.4) is 0 Å². The molecule has 0 aliphatic carbocycles. The van der Waals surface area contributed by atoms with Gasteiger partial charge in [0.1, 0.15) is 23.4 Å². The number of carbonyl (C=O) groups is 1. The molecule has 7 heteroatoms. The highest BCUT2D eigenvalue weighted by Gasteiger charge is 2.26. The second kappa shape index (κ2) is 7.47. The summed E-state index contributed by atoms with van der Waals surface area (Å²) >= 11 is 0. The third-order valence-corrected chi connectivity index (χ3v) is 5.56. The second-order valence-electron chi connectivity index (χ2n) is 6.15. The van der Waals surface area contributed by atoms with Crippen LogP contribution in [-0.4, -0.2) is 38.9 Å². The Balaban J connectivity index is 1.71. The Kier molecular flexibility index (Phi) is 5.29. The van der Waals surface area contributed by atoms with E-state index >= 15 is 0 Å². The number of aryl methyl sites for hydroxylation is 1. The molecule has 1 amide bonds. The standard InChI is InChI=1S/C19H21NO5S/c1-3-20-12-18(24-13-19(20)21)15-6-8-16(9-7-15)25-26(22,23)17-10-4-14(2)5-11-17/h4-11,18H,3,12-13H2,1-2H3/t18-/m0/s1. The van der Waals surface area contributed by atoms with E-state index in [0.29, 0.717) is 13.1 Å². The maximum Gasteiger partial charge on any atom is 0.339 e. The fourth-order valence-corrected chi connectivity index (χ4v) is 3.67. The molecule has 0 saturated carbocycles. The van der Waals surface area contributed by atoms with Gasteiger partial charge in [0.15, 0.2) is 0 Å². The number of likely N-dealkylation sites (N-methyl/N-ethyl adjacent to an activating group) is 1. The van der Waals surface area contributed by atoms with Gasteiger partial charge in [-0.1, -0.05) is 29.8 Å². The summed E-state index contributed by atoms with van der Waals surface area (Å²) in [4.78, 5) is 13.5. The largest absolute Gasteiger partial charge is 0.379 e. The molecule has 1 saturated heterocycles. The molecule has 0 N–H and O–H groups in total. The van der Waals surface area contributed by atoms with Gasteiger partial charge in [-0.15, -0.1) is 0 Å². The highest BCUT2D eigenvalue weighted by atomic mass is 32.2. The fourth-order valence-electron chi connectivity index (χ4n) is 2.74. The normalized spacial score (nSPS) is 18.0. The van der Waals surface area contributed by atoms with E-state index in [4.69, 9.17) is 8.92 Å². The van der Waals surface area contributed by atoms with Gasteiger partial charge in [-0.25, -0.2) is 0 Å². The van der Waals surface area contributed by atoms with Crippen molar-refractivity contribution < 1.29 is 22.1 Å². The fraction of sp³-hybridized carbons (Fsp3) is 0.316. The lowest BCUT2D eigenvalue weighted by molar-refractivity contribution is -0.148. The van der Waals surface area contributed by atoms with Gasteiger partial charge in [0, 0.05) is 6.54 Å². The molecule has 1 aliphatic heterocycles. The van der Waals surface area contributed by atoms with E-state index < -0.39 is 10.1 Å². The average Bonchev–Trinajstić information content (AvgIpc) is 2.63. The molecule has 1 heterocycles. The van der Waals surface area contributed by atoms with Crippen LogP contribution in [0.4, 0.5) is 0 Å². The zero-order valence-corrected chi connectivity index (χ0v) is 15.5. The Morgan fingerprint density at radius 2 is 1.77 bits per heavy atom. The monoisotopic (exact) mass is 375 g/mol. The van der Waals surface area contributed by atoms with Crippen LogP contribution >= 0.6 is 0 Å². The van der Waals surface area contributed by atoms with Gasteiger partial charge in [-0.3, -0.25) is 4.79 Å². The van der Waals surface area contributed by atoms with Gasteiger partial charge in [-0.05, 0) is 43.7 Å². The summed E-state index contributed by atoms with van der Waals surface area (Å²) in [5.74, 6) is 0.210. The molecule has 0 aromatic heterocycles. The summed E-state index contributed by atoms with van der Waals surface area (Å²) < 4.78 is 35.4. The molecule has 0 spiro atoms. The van der Waals surface area contributed by atoms with Crippen LogP contribution < -0.4 is 4.18 Å². The van der Waals surface area contributed by atoms with Crippen LogP contribution in [0.5, 0.6) is 5.75 Å². The number of hydrogen-bond acceptors (Lipinski definition) is 5. The van der Waals surface area contributed by atoms with Crippen molar-refractivity contribution in [2.45, 2.75) is 24.8 Å². The maximum atomic E-state index is 12.3. The zero-order valence-electron chi connectivity index (χ0n) is 14.7. The molecule has 138 valence electrons. The number of morpholine rings is 1. The minimum Gasteiger partial charge on any atom is -0.379 e. The molecule has 3 rings (SSSR count). The van der Waals surface area contributed by atoms with Gasteiger partial charge in [0.25, 0.3) is 0 Å². The summed E-state index contributed by atoms with van der Waals surface area (Å²) in [6, 6.07) is 13.2. The number of amides is 1. The molecule has 0 bridgehead atoms. The van der Waals surface area contributed by atoms with Gasteiger partial charge in [0.05, 0.1) is 6.54 Å². The van der Waals surface area contributed by atoms with Crippen molar-refractivity contribution in [3.8, 4) is 5.75 Å². The third kappa shape index (κ3) is 4.05. The van der Waals surface area contributed by atoms with Crippen LogP contribution in [0.1, 0.15) is 24.2 Å². The molecule has 1 atom stereocenters. The van der Waals surface area contributed by atoms with Crippen LogP contribution in [-0.2, 0) is 19.6 Å². The van der Waals surface area contributed by atoms with Crippen molar-refractivity contribution in [3.63, 3.8) is 0 Å². The highest BCUT2D eigenvalue weighted by molar-refractivity contribution is 7.87. The molecule has 6 nitrogen and oxygen atoms in total. The van der Waals surface area contributed by atoms with Gasteiger partial charge in [0.2, 0.25) is 5.91 Å². The summed E-state index contributed by atoms with van der Waals surface area (Å²) in [6.45, 7) is 4.98. The van der Waals surface area contributed by atoms with E-state index in [9.17, 15) is 13.2 Å². The molecule has 2 aromatic rings. The summed E-state index contributed by atoms with van der Waals surface area (Å²) in [6.07, 6.45) is -0.226. The van der Waals surface area contributed by atoms with Crippen molar-refractivity contribution in [3.05, 3.63) is 59.7 Å². The van der Waals surface area contributed by atoms with Crippen molar-refractivity contribution in [2.75, 3.05) is 19.7 Å². The minimum absolute atomic E-state index is 0.0205. The molecular formula is C19H21NO5S. The predicted molar refractivity (Wildman–Crippen MR) is 96.4 cm³/mol. The van der Waals surface area contributed by atoms with Crippen LogP contribution in [0.25, 0.3) is 0 Å². The van der Waals surface area contributed by atoms with Crippen LogP contribution in [0.2, 0.25) is 0 Å². The summed E-state index contributed by atoms with van der Waals surface area (Å²) in [5, 5.41) is 0. The van der Waals surface area contributed by atoms with E-state index in [2.05, 4.69) is 0 Å². The molecule has 0 unspecified atom stereocenters. The van der Waals surface area contributed by atoms with E-state index in [1.54, 1.807) is 41.3 Å². The first-order valence-corrected chi connectivity index (χ1v) is 9.80. The number of rotatable bonds is 5. The van der Waals surface area contributed by atoms with Crippen molar-refractivity contribution in [1.82, 2.24) is 4.90 Å². The van der Waals surface area contributed by atoms with Gasteiger partial charge in [-0.2, -0.15) is 8.42 Å². The first-order valence-electron chi connectivity index (χ1n) is 8.39. The topological polar surface area (TPSA) is 72.9 Å². The molecule has 0 radical (unpaired) electrons. The molecule has 2 aromatic carbocycles. The van der Waals surface area contributed by atoms with E-state index in [-0.39, 0.29) is 29.3 Å². The first kappa shape index (κ1) is 18.4. The number of hydrogen-bond donors (Lipinski definition) is 0. The molecular weight excluding hydrogens is 354 g/mol. The number of carbonyl (C=O) groups excluding carboxylic acids is 1. The van der Waals surface area contributed by atoms with E-state index in [1.807, 2.05) is 13.8 Å². The molecule has 1 fully saturated rings. The van der Waals surface area contributed by atoms with E-state index in [1.165, 1.54) is 12.1 Å². The quantitative estimate of drug-likeness (QED) is 0.752. The number of nitrogens with zero attached hydrogens (tertiary/aromatic N) is 1. The molecule has 1 aliphatic rings. The Bertz CT molecular complexity index is 875. The minimum atomic E-state index is -3.87. The zero-order chi connectivity index (χ0) is 18.7. The van der Waals surface area contributed by atoms with Crippen molar-refractivity contribution in [2.24, 2.45) is 0 Å². The Morgan fingerprint density at radius 3 is 2.38 bits per heavy atom. The van der Waals surface area contributed by atoms with Gasteiger partial charge < -0.3 is 13.8 Å². The van der Waals surface area contributed by atoms with Crippen LogP contribution in [0.15, 0.2) is 53.4 Å². The maximum absolute atomic E-state index is 12.3. The Labute approximate surface area is 153 Å². The second-order valence-corrected chi connectivity index (χ2v) is 7.70. The van der Waals surface area contributed by atoms with Crippen molar-refractivity contribution >= 4 is 16.0 Å². The Morgan fingerprint density at radius 1 is 1.12 bits per heavy atom. The average molecular weight is 375 g/mol. The smallest absolute Gasteiger partial charge is 0.339 e. The van der Waals surface area contributed by atoms with Gasteiger partial charge >= 0.3 is 10.1 Å². The first-order chi connectivity index (χ1) is 12.4. The third-order valence-electron chi connectivity index (χ3n) is 4.30. The lowest BCUT2D eigenvalue weighted by Gasteiger charge is -2.32. The Hall–Kier alpha value is -2.38. The lowest BCUT2D eigenvalue weighted by Crippen LogP contribution is -2.42. The van der Waals surface area contributed by atoms with E-state index in [0.717, 1.165) is 11.1 Å². The predicted octanol–water partition coefficient (Wildman–Crippen LogP) is 2.68. The lowest BCUT2D eigenvalue weighted by atomic mass is 10.1. The number of benzene rings is 2. The SMILES string of the molecule is CCN1C[C@@H](c2ccc(OS(=O)(=O)c3ccc(C)cc3)cc2)OCC1=O. The van der Waals surface area contributed by atoms with Crippen molar-refractivity contribution in [1.29, 1.82) is 0 Å². The number of ether oxygens (including phenoxy) is 1. The highest BCUT2D eigenvalue weighted by Crippen LogP contribution is 2.26. The summed E-state index contributed by atoms with van der Waals surface area (Å²) in [5.41, 5.74) is 1.84. The summed E-state index contributed by atoms with van der Waals surface area (Å²) in [7, 11) is -3.87.